The molecule has 7 heteroatoms. The van der Waals surface area contributed by atoms with Crippen LogP contribution in [0, 0.1) is 0 Å². The van der Waals surface area contributed by atoms with Crippen LogP contribution < -0.4 is 14.8 Å². The third kappa shape index (κ3) is 3.97. The SMILES string of the molecule is COc1cccc(OC)c1C(=O)Nc1ccn(Cc2ccc(Cl)cc2)n1. The molecule has 0 aliphatic carbocycles. The Morgan fingerprint density at radius 2 is 1.73 bits per heavy atom. The summed E-state index contributed by atoms with van der Waals surface area (Å²) in [5, 5.41) is 7.83. The van der Waals surface area contributed by atoms with E-state index in [0.717, 1.165) is 5.56 Å². The van der Waals surface area contributed by atoms with Crippen molar-refractivity contribution in [3.8, 4) is 11.5 Å². The summed E-state index contributed by atoms with van der Waals surface area (Å²) in [6.07, 6.45) is 1.80. The van der Waals surface area contributed by atoms with Crippen molar-refractivity contribution in [1.29, 1.82) is 0 Å². The van der Waals surface area contributed by atoms with Crippen LogP contribution in [0.15, 0.2) is 54.7 Å². The van der Waals surface area contributed by atoms with Crippen LogP contribution in [0.25, 0.3) is 0 Å². The van der Waals surface area contributed by atoms with E-state index >= 15 is 0 Å². The Morgan fingerprint density at radius 1 is 1.08 bits per heavy atom. The summed E-state index contributed by atoms with van der Waals surface area (Å²) in [7, 11) is 3.01. The zero-order chi connectivity index (χ0) is 18.5. The van der Waals surface area contributed by atoms with Gasteiger partial charge in [0.1, 0.15) is 17.1 Å². The van der Waals surface area contributed by atoms with Crippen molar-refractivity contribution in [1.82, 2.24) is 9.78 Å². The summed E-state index contributed by atoms with van der Waals surface area (Å²) in [5.41, 5.74) is 1.38. The minimum atomic E-state index is -0.351. The molecule has 0 saturated heterocycles. The lowest BCUT2D eigenvalue weighted by Gasteiger charge is -2.12. The lowest BCUT2D eigenvalue weighted by atomic mass is 10.1. The van der Waals surface area contributed by atoms with Gasteiger partial charge in [-0.1, -0.05) is 29.8 Å². The first-order chi connectivity index (χ1) is 12.6. The predicted molar refractivity (Wildman–Crippen MR) is 100 cm³/mol. The van der Waals surface area contributed by atoms with Gasteiger partial charge >= 0.3 is 0 Å². The Balaban J connectivity index is 1.75. The summed E-state index contributed by atoms with van der Waals surface area (Å²) in [6.45, 7) is 0.574. The predicted octanol–water partition coefficient (Wildman–Crippen LogP) is 3.85. The van der Waals surface area contributed by atoms with E-state index in [2.05, 4.69) is 10.4 Å². The second-order valence-corrected chi connectivity index (χ2v) is 5.95. The molecule has 3 rings (SSSR count). The fourth-order valence-electron chi connectivity index (χ4n) is 2.55. The molecule has 134 valence electrons. The molecule has 3 aromatic rings. The summed E-state index contributed by atoms with van der Waals surface area (Å²) >= 11 is 5.89. The van der Waals surface area contributed by atoms with Gasteiger partial charge in [-0.15, -0.1) is 0 Å². The maximum Gasteiger partial charge on any atom is 0.264 e. The van der Waals surface area contributed by atoms with Crippen LogP contribution in [0.3, 0.4) is 0 Å². The summed E-state index contributed by atoms with van der Waals surface area (Å²) in [4.78, 5) is 12.6. The number of ether oxygens (including phenoxy) is 2. The molecule has 1 N–H and O–H groups in total. The molecular weight excluding hydrogens is 354 g/mol. The van der Waals surface area contributed by atoms with Gasteiger partial charge in [0.05, 0.1) is 20.8 Å². The number of aromatic nitrogens is 2. The zero-order valence-electron chi connectivity index (χ0n) is 14.4. The number of halogens is 1. The Hall–Kier alpha value is -2.99. The molecule has 0 aliphatic heterocycles. The number of hydrogen-bond acceptors (Lipinski definition) is 4. The van der Waals surface area contributed by atoms with Crippen LogP contribution in [-0.2, 0) is 6.54 Å². The van der Waals surface area contributed by atoms with Gasteiger partial charge in [-0.05, 0) is 29.8 Å². The van der Waals surface area contributed by atoms with Crippen LogP contribution in [-0.4, -0.2) is 29.9 Å². The fourth-order valence-corrected chi connectivity index (χ4v) is 2.67. The van der Waals surface area contributed by atoms with Crippen molar-refractivity contribution < 1.29 is 14.3 Å². The summed E-state index contributed by atoms with van der Waals surface area (Å²) in [6, 6.07) is 14.4. The van der Waals surface area contributed by atoms with E-state index in [0.29, 0.717) is 34.4 Å². The molecule has 0 atom stereocenters. The van der Waals surface area contributed by atoms with E-state index < -0.39 is 0 Å². The van der Waals surface area contributed by atoms with Gasteiger partial charge < -0.3 is 14.8 Å². The van der Waals surface area contributed by atoms with Crippen LogP contribution in [0.2, 0.25) is 5.02 Å². The number of nitrogens with zero attached hydrogens (tertiary/aromatic N) is 2. The number of methoxy groups -OCH3 is 2. The normalized spacial score (nSPS) is 10.4. The van der Waals surface area contributed by atoms with Gasteiger partial charge in [0.25, 0.3) is 5.91 Å². The van der Waals surface area contributed by atoms with Gasteiger partial charge in [-0.25, -0.2) is 0 Å². The monoisotopic (exact) mass is 371 g/mol. The number of rotatable bonds is 6. The molecule has 1 amide bonds. The largest absolute Gasteiger partial charge is 0.496 e. The summed E-state index contributed by atoms with van der Waals surface area (Å²) < 4.78 is 12.3. The van der Waals surface area contributed by atoms with Gasteiger partial charge in [-0.3, -0.25) is 9.48 Å². The third-order valence-electron chi connectivity index (χ3n) is 3.79. The van der Waals surface area contributed by atoms with E-state index in [-0.39, 0.29) is 5.91 Å². The minimum Gasteiger partial charge on any atom is -0.496 e. The summed E-state index contributed by atoms with van der Waals surface area (Å²) in [5.74, 6) is 0.956. The molecule has 0 fully saturated rings. The number of amides is 1. The van der Waals surface area contributed by atoms with Crippen LogP contribution in [0.1, 0.15) is 15.9 Å². The Morgan fingerprint density at radius 3 is 2.35 bits per heavy atom. The third-order valence-corrected chi connectivity index (χ3v) is 4.05. The van der Waals surface area contributed by atoms with Crippen molar-refractivity contribution in [2.45, 2.75) is 6.54 Å². The standard InChI is InChI=1S/C19H18ClN3O3/c1-25-15-4-3-5-16(26-2)18(15)19(24)21-17-10-11-23(22-17)12-13-6-8-14(20)9-7-13/h3-11H,12H2,1-2H3,(H,21,22,24). The van der Waals surface area contributed by atoms with Crippen molar-refractivity contribution in [2.75, 3.05) is 19.5 Å². The van der Waals surface area contributed by atoms with Crippen molar-refractivity contribution >= 4 is 23.3 Å². The molecule has 0 bridgehead atoms. The molecule has 6 nitrogen and oxygen atoms in total. The van der Waals surface area contributed by atoms with Gasteiger partial charge in [-0.2, -0.15) is 5.10 Å². The Bertz CT molecular complexity index is 884. The fraction of sp³-hybridized carbons (Fsp3) is 0.158. The topological polar surface area (TPSA) is 65.4 Å². The number of carbonyl (C=O) groups is 1. The molecule has 2 aromatic carbocycles. The minimum absolute atomic E-state index is 0.324. The molecular formula is C19H18ClN3O3. The van der Waals surface area contributed by atoms with Crippen LogP contribution in [0.5, 0.6) is 11.5 Å². The van der Waals surface area contributed by atoms with Gasteiger partial charge in [0.2, 0.25) is 0 Å². The van der Waals surface area contributed by atoms with Crippen LogP contribution in [0.4, 0.5) is 5.82 Å². The number of benzene rings is 2. The molecule has 0 aliphatic rings. The average Bonchev–Trinajstić information content (AvgIpc) is 3.09. The van der Waals surface area contributed by atoms with Crippen molar-refractivity contribution in [2.24, 2.45) is 0 Å². The molecule has 0 unspecified atom stereocenters. The van der Waals surface area contributed by atoms with Crippen LogP contribution >= 0.6 is 11.6 Å². The molecule has 1 heterocycles. The molecule has 0 radical (unpaired) electrons. The van der Waals surface area contributed by atoms with Gasteiger partial charge in [0.15, 0.2) is 5.82 Å². The maximum atomic E-state index is 12.6. The van der Waals surface area contributed by atoms with Crippen molar-refractivity contribution in [3.63, 3.8) is 0 Å². The lowest BCUT2D eigenvalue weighted by molar-refractivity contribution is 0.102. The lowest BCUT2D eigenvalue weighted by Crippen LogP contribution is -2.15. The zero-order valence-corrected chi connectivity index (χ0v) is 15.2. The molecule has 0 spiro atoms. The van der Waals surface area contributed by atoms with E-state index in [9.17, 15) is 4.79 Å². The maximum absolute atomic E-state index is 12.6. The number of hydrogen-bond donors (Lipinski definition) is 1. The number of carbonyl (C=O) groups excluding carboxylic acids is 1. The smallest absolute Gasteiger partial charge is 0.264 e. The first-order valence-corrected chi connectivity index (χ1v) is 8.28. The van der Waals surface area contributed by atoms with Gasteiger partial charge in [0, 0.05) is 17.3 Å². The second-order valence-electron chi connectivity index (χ2n) is 5.52. The first-order valence-electron chi connectivity index (χ1n) is 7.91. The second kappa shape index (κ2) is 7.93. The van der Waals surface area contributed by atoms with Crippen molar-refractivity contribution in [3.05, 3.63) is 70.9 Å². The van der Waals surface area contributed by atoms with E-state index in [1.165, 1.54) is 14.2 Å². The number of anilines is 1. The highest BCUT2D eigenvalue weighted by Crippen LogP contribution is 2.28. The Labute approximate surface area is 156 Å². The number of nitrogens with one attached hydrogen (secondary N) is 1. The van der Waals surface area contributed by atoms with E-state index in [1.54, 1.807) is 35.1 Å². The quantitative estimate of drug-likeness (QED) is 0.714. The highest BCUT2D eigenvalue weighted by Gasteiger charge is 2.19. The molecule has 0 saturated carbocycles. The average molecular weight is 372 g/mol. The Kier molecular flexibility index (Phi) is 5.43. The van der Waals surface area contributed by atoms with E-state index in [1.807, 2.05) is 24.3 Å². The molecule has 26 heavy (non-hydrogen) atoms. The highest BCUT2D eigenvalue weighted by molar-refractivity contribution is 6.30. The molecule has 1 aromatic heterocycles. The van der Waals surface area contributed by atoms with E-state index in [4.69, 9.17) is 21.1 Å². The first kappa shape index (κ1) is 17.8. The highest BCUT2D eigenvalue weighted by atomic mass is 35.5.